The van der Waals surface area contributed by atoms with Crippen molar-refractivity contribution < 1.29 is 0 Å². The van der Waals surface area contributed by atoms with Gasteiger partial charge in [-0.15, -0.1) is 11.3 Å². The van der Waals surface area contributed by atoms with Gasteiger partial charge in [-0.3, -0.25) is 4.90 Å². The van der Waals surface area contributed by atoms with Gasteiger partial charge in [0, 0.05) is 5.69 Å². The van der Waals surface area contributed by atoms with Crippen LogP contribution in [-0.4, -0.2) is 31.4 Å². The first-order chi connectivity index (χ1) is 15.2. The molecular weight excluding hydrogens is 406 g/mol. The number of fused-ring (bicyclic) bond motifs is 1. The number of thiazole rings is 1. The number of benzene rings is 2. The zero-order chi connectivity index (χ0) is 21.2. The fourth-order valence-electron chi connectivity index (χ4n) is 4.07. The van der Waals surface area contributed by atoms with Crippen LogP contribution in [0.3, 0.4) is 0 Å². The van der Waals surface area contributed by atoms with Crippen LogP contribution >= 0.6 is 11.3 Å². The number of piperidine rings is 1. The van der Waals surface area contributed by atoms with Crippen molar-refractivity contribution in [3.8, 4) is 0 Å². The normalized spacial score (nSPS) is 17.1. The summed E-state index contributed by atoms with van der Waals surface area (Å²) >= 11 is 1.78. The van der Waals surface area contributed by atoms with Gasteiger partial charge in [-0.25, -0.2) is 4.98 Å². The highest BCUT2D eigenvalue weighted by Gasteiger charge is 2.27. The van der Waals surface area contributed by atoms with Crippen LogP contribution in [0.4, 0.5) is 17.6 Å². The predicted molar refractivity (Wildman–Crippen MR) is 125 cm³/mol. The topological polar surface area (TPSA) is 92.8 Å². The largest absolute Gasteiger partial charge is 0.368 e. The van der Waals surface area contributed by atoms with Gasteiger partial charge in [0.2, 0.25) is 11.9 Å². The van der Waals surface area contributed by atoms with E-state index < -0.39 is 0 Å². The van der Waals surface area contributed by atoms with E-state index in [1.807, 2.05) is 37.3 Å². The van der Waals surface area contributed by atoms with Gasteiger partial charge in [-0.2, -0.15) is 15.0 Å². The van der Waals surface area contributed by atoms with Gasteiger partial charge in [-0.05, 0) is 50.1 Å². The Hall–Kier alpha value is -3.10. The Labute approximate surface area is 185 Å². The zero-order valence-electron chi connectivity index (χ0n) is 17.5. The summed E-state index contributed by atoms with van der Waals surface area (Å²) in [5, 5.41) is 4.45. The van der Waals surface area contributed by atoms with Crippen molar-refractivity contribution in [3.05, 3.63) is 64.9 Å². The predicted octanol–water partition coefficient (Wildman–Crippen LogP) is 4.84. The Morgan fingerprint density at radius 2 is 1.87 bits per heavy atom. The number of nitrogen functional groups attached to an aromatic ring is 1. The number of aryl methyl sites for hydroxylation is 1. The summed E-state index contributed by atoms with van der Waals surface area (Å²) in [6, 6.07) is 16.6. The van der Waals surface area contributed by atoms with Crippen LogP contribution in [0.1, 0.15) is 41.7 Å². The minimum Gasteiger partial charge on any atom is -0.368 e. The number of likely N-dealkylation sites (tertiary alicyclic amines) is 1. The smallest absolute Gasteiger partial charge is 0.232 e. The molecule has 2 aromatic carbocycles. The van der Waals surface area contributed by atoms with Crippen LogP contribution in [-0.2, 0) is 6.54 Å². The highest BCUT2D eigenvalue weighted by molar-refractivity contribution is 7.18. The third-order valence-electron chi connectivity index (χ3n) is 5.64. The molecule has 1 atom stereocenters. The van der Waals surface area contributed by atoms with Crippen molar-refractivity contribution in [2.45, 2.75) is 38.8 Å². The molecule has 2 aromatic heterocycles. The summed E-state index contributed by atoms with van der Waals surface area (Å²) < 4.78 is 1.23. The molecule has 3 N–H and O–H groups in total. The molecule has 0 aliphatic carbocycles. The fraction of sp³-hybridized carbons (Fsp3) is 0.304. The molecule has 7 nitrogen and oxygen atoms in total. The third-order valence-corrected chi connectivity index (χ3v) is 6.78. The van der Waals surface area contributed by atoms with Gasteiger partial charge in [0.15, 0.2) is 0 Å². The lowest BCUT2D eigenvalue weighted by molar-refractivity contribution is 0.137. The van der Waals surface area contributed by atoms with E-state index in [1.54, 1.807) is 11.3 Å². The molecule has 0 spiro atoms. The first-order valence-electron chi connectivity index (χ1n) is 10.6. The zero-order valence-corrected chi connectivity index (χ0v) is 18.3. The van der Waals surface area contributed by atoms with Crippen molar-refractivity contribution in [2.24, 2.45) is 0 Å². The molecule has 0 amide bonds. The van der Waals surface area contributed by atoms with E-state index in [-0.39, 0.29) is 12.0 Å². The first-order valence-corrected chi connectivity index (χ1v) is 11.4. The van der Waals surface area contributed by atoms with Crippen LogP contribution in [0.2, 0.25) is 0 Å². The van der Waals surface area contributed by atoms with E-state index in [0.717, 1.165) is 36.2 Å². The Morgan fingerprint density at radius 3 is 2.74 bits per heavy atom. The van der Waals surface area contributed by atoms with E-state index in [1.165, 1.54) is 16.1 Å². The molecule has 1 aliphatic heterocycles. The summed E-state index contributed by atoms with van der Waals surface area (Å²) in [7, 11) is 0. The van der Waals surface area contributed by atoms with Gasteiger partial charge < -0.3 is 11.1 Å². The molecule has 158 valence electrons. The average molecular weight is 432 g/mol. The van der Waals surface area contributed by atoms with E-state index in [0.29, 0.717) is 18.3 Å². The number of nitrogens with one attached hydrogen (secondary N) is 1. The van der Waals surface area contributed by atoms with Gasteiger partial charge in [0.05, 0.1) is 22.8 Å². The first kappa shape index (κ1) is 19.8. The Balaban J connectivity index is 1.39. The number of hydrogen-bond donors (Lipinski definition) is 2. The maximum absolute atomic E-state index is 6.02. The minimum absolute atomic E-state index is 0.231. The third kappa shape index (κ3) is 4.35. The monoisotopic (exact) mass is 431 g/mol. The second-order valence-corrected chi connectivity index (χ2v) is 8.94. The number of nitrogens with zero attached hydrogens (tertiary/aromatic N) is 5. The summed E-state index contributed by atoms with van der Waals surface area (Å²) in [5.74, 6) is 1.39. The average Bonchev–Trinajstić information content (AvgIpc) is 3.19. The fourth-order valence-corrected chi connectivity index (χ4v) is 5.21. The Bertz CT molecular complexity index is 1170. The molecule has 8 heteroatoms. The Kier molecular flexibility index (Phi) is 5.48. The van der Waals surface area contributed by atoms with E-state index in [2.05, 4.69) is 43.4 Å². The van der Waals surface area contributed by atoms with E-state index in [9.17, 15) is 0 Å². The highest BCUT2D eigenvalue weighted by atomic mass is 32.1. The lowest BCUT2D eigenvalue weighted by Crippen LogP contribution is -2.33. The second-order valence-electron chi connectivity index (χ2n) is 7.88. The molecule has 31 heavy (non-hydrogen) atoms. The summed E-state index contributed by atoms with van der Waals surface area (Å²) in [4.78, 5) is 20.7. The van der Waals surface area contributed by atoms with Gasteiger partial charge in [0.1, 0.15) is 10.8 Å². The SMILES string of the molecule is Cc1ccccc1Nc1nc(N)nc(CN2CCCC[C@H]2c2nc3ccccc3s2)n1. The molecule has 1 saturated heterocycles. The summed E-state index contributed by atoms with van der Waals surface area (Å²) in [6.45, 7) is 3.66. The molecule has 0 unspecified atom stereocenters. The molecule has 1 aliphatic rings. The standard InChI is InChI=1S/C23H25N7S/c1-15-8-2-3-9-16(15)26-23-28-20(27-22(24)29-23)14-30-13-7-6-11-18(30)21-25-17-10-4-5-12-19(17)31-21/h2-5,8-10,12,18H,6-7,11,13-14H2,1H3,(H3,24,26,27,28,29)/t18-/m0/s1. The van der Waals surface area contributed by atoms with E-state index in [4.69, 9.17) is 10.7 Å². The molecule has 1 fully saturated rings. The van der Waals surface area contributed by atoms with Gasteiger partial charge >= 0.3 is 0 Å². The van der Waals surface area contributed by atoms with E-state index >= 15 is 0 Å². The molecule has 5 rings (SSSR count). The molecule has 0 radical (unpaired) electrons. The van der Waals surface area contributed by atoms with Crippen LogP contribution in [0.5, 0.6) is 0 Å². The minimum atomic E-state index is 0.231. The number of para-hydroxylation sites is 2. The second kappa shape index (κ2) is 8.56. The molecule has 4 aromatic rings. The van der Waals surface area contributed by atoms with Crippen molar-refractivity contribution in [3.63, 3.8) is 0 Å². The van der Waals surface area contributed by atoms with Crippen LogP contribution < -0.4 is 11.1 Å². The van der Waals surface area contributed by atoms with Crippen LogP contribution in [0.25, 0.3) is 10.2 Å². The van der Waals surface area contributed by atoms with Crippen molar-refractivity contribution in [1.82, 2.24) is 24.8 Å². The Morgan fingerprint density at radius 1 is 1.03 bits per heavy atom. The van der Waals surface area contributed by atoms with Crippen molar-refractivity contribution >= 4 is 39.1 Å². The number of aromatic nitrogens is 4. The maximum Gasteiger partial charge on any atom is 0.232 e. The van der Waals surface area contributed by atoms with Crippen molar-refractivity contribution in [2.75, 3.05) is 17.6 Å². The highest BCUT2D eigenvalue weighted by Crippen LogP contribution is 2.36. The maximum atomic E-state index is 6.02. The van der Waals surface area contributed by atoms with Crippen LogP contribution in [0.15, 0.2) is 48.5 Å². The molecule has 0 bridgehead atoms. The quantitative estimate of drug-likeness (QED) is 0.467. The van der Waals surface area contributed by atoms with Crippen LogP contribution in [0, 0.1) is 6.92 Å². The van der Waals surface area contributed by atoms with Crippen molar-refractivity contribution in [1.29, 1.82) is 0 Å². The van der Waals surface area contributed by atoms with Gasteiger partial charge in [-0.1, -0.05) is 36.8 Å². The van der Waals surface area contributed by atoms with Gasteiger partial charge in [0.25, 0.3) is 0 Å². The lowest BCUT2D eigenvalue weighted by atomic mass is 10.0. The molecule has 3 heterocycles. The number of anilines is 3. The number of hydrogen-bond acceptors (Lipinski definition) is 8. The summed E-state index contributed by atoms with van der Waals surface area (Å²) in [5.41, 5.74) is 9.18. The lowest BCUT2D eigenvalue weighted by Gasteiger charge is -2.33. The number of nitrogens with two attached hydrogens (primary N) is 1. The molecular formula is C23H25N7S. The number of rotatable bonds is 5. The molecule has 0 saturated carbocycles. The summed E-state index contributed by atoms with van der Waals surface area (Å²) in [6.07, 6.45) is 3.46.